The summed E-state index contributed by atoms with van der Waals surface area (Å²) in [6.45, 7) is 2.74. The van der Waals surface area contributed by atoms with Crippen LogP contribution in [-0.2, 0) is 6.42 Å². The molecule has 4 nitrogen and oxygen atoms in total. The van der Waals surface area contributed by atoms with Crippen LogP contribution in [0.1, 0.15) is 22.4 Å². The van der Waals surface area contributed by atoms with Gasteiger partial charge in [-0.1, -0.05) is 6.07 Å². The van der Waals surface area contributed by atoms with E-state index in [-0.39, 0.29) is 0 Å². The van der Waals surface area contributed by atoms with Gasteiger partial charge < -0.3 is 15.0 Å². The molecule has 0 aliphatic carbocycles. The first-order valence-corrected chi connectivity index (χ1v) is 6.82. The van der Waals surface area contributed by atoms with Gasteiger partial charge in [-0.05, 0) is 30.9 Å². The molecule has 0 amide bonds. The molecule has 18 heavy (non-hydrogen) atoms. The zero-order chi connectivity index (χ0) is 12.5. The predicted octanol–water partition coefficient (Wildman–Crippen LogP) is 2.59. The minimum Gasteiger partial charge on any atom is -0.369 e. The zero-order valence-electron chi connectivity index (χ0n) is 10.1. The monoisotopic (exact) mass is 261 g/mol. The number of aromatic nitrogens is 1. The van der Waals surface area contributed by atoms with E-state index in [0.29, 0.717) is 0 Å². The number of aliphatic hydroxyl groups is 1. The lowest BCUT2D eigenvalue weighted by atomic mass is 10.2. The highest BCUT2D eigenvalue weighted by atomic mass is 32.1. The highest BCUT2D eigenvalue weighted by Gasteiger charge is 2.23. The third-order valence-corrected chi connectivity index (χ3v) is 4.02. The van der Waals surface area contributed by atoms with Crippen LogP contribution in [0.5, 0.6) is 0 Å². The number of aliphatic imine (C=N–C) groups is 1. The summed E-state index contributed by atoms with van der Waals surface area (Å²) >= 11 is 1.74. The van der Waals surface area contributed by atoms with Crippen molar-refractivity contribution >= 4 is 23.5 Å². The van der Waals surface area contributed by atoms with Gasteiger partial charge in [0.15, 0.2) is 6.23 Å². The van der Waals surface area contributed by atoms with Crippen LogP contribution in [0, 0.1) is 6.92 Å². The Morgan fingerprint density at radius 3 is 3.22 bits per heavy atom. The number of fused-ring (bicyclic) bond motifs is 1. The van der Waals surface area contributed by atoms with E-state index in [1.54, 1.807) is 17.7 Å². The van der Waals surface area contributed by atoms with Crippen molar-refractivity contribution in [2.45, 2.75) is 19.6 Å². The average Bonchev–Trinajstić information content (AvgIpc) is 2.97. The number of thiophene rings is 1. The van der Waals surface area contributed by atoms with Gasteiger partial charge in [0, 0.05) is 22.7 Å². The fourth-order valence-corrected chi connectivity index (χ4v) is 2.85. The molecule has 0 aromatic carbocycles. The third kappa shape index (κ3) is 2.07. The molecule has 0 saturated carbocycles. The maximum atomic E-state index is 10.3. The van der Waals surface area contributed by atoms with Crippen molar-refractivity contribution in [3.8, 4) is 0 Å². The van der Waals surface area contributed by atoms with E-state index in [2.05, 4.69) is 21.4 Å². The summed E-state index contributed by atoms with van der Waals surface area (Å²) in [4.78, 5) is 10.7. The topological polar surface area (TPSA) is 51.6 Å². The van der Waals surface area contributed by atoms with Crippen molar-refractivity contribution in [3.63, 3.8) is 0 Å². The van der Waals surface area contributed by atoms with Crippen LogP contribution in [0.25, 0.3) is 0 Å². The van der Waals surface area contributed by atoms with Crippen LogP contribution in [0.2, 0.25) is 0 Å². The number of hydrogen-bond acceptors (Lipinski definition) is 4. The van der Waals surface area contributed by atoms with Crippen molar-refractivity contribution in [3.05, 3.63) is 39.7 Å². The maximum absolute atomic E-state index is 10.3. The highest BCUT2D eigenvalue weighted by Crippen LogP contribution is 2.31. The Morgan fingerprint density at radius 1 is 1.56 bits per heavy atom. The SMILES string of the molecule is Cc1cc2c([nH]1)N=CN(CCc1cccs1)C2O. The van der Waals surface area contributed by atoms with Crippen LogP contribution >= 0.6 is 11.3 Å². The molecule has 0 bridgehead atoms. The molecule has 2 N–H and O–H groups in total. The number of aryl methyl sites for hydroxylation is 1. The lowest BCUT2D eigenvalue weighted by Crippen LogP contribution is -2.31. The van der Waals surface area contributed by atoms with E-state index in [0.717, 1.165) is 30.0 Å². The Morgan fingerprint density at radius 2 is 2.44 bits per heavy atom. The van der Waals surface area contributed by atoms with Gasteiger partial charge in [0.1, 0.15) is 5.82 Å². The van der Waals surface area contributed by atoms with Crippen LogP contribution in [0.4, 0.5) is 5.82 Å². The number of nitrogens with zero attached hydrogens (tertiary/aromatic N) is 2. The third-order valence-electron chi connectivity index (χ3n) is 3.08. The summed E-state index contributed by atoms with van der Waals surface area (Å²) in [6.07, 6.45) is 2.05. The molecule has 3 rings (SSSR count). The van der Waals surface area contributed by atoms with Crippen LogP contribution in [0.3, 0.4) is 0 Å². The first-order chi connectivity index (χ1) is 8.74. The summed E-state index contributed by atoms with van der Waals surface area (Å²) in [6, 6.07) is 6.12. The van der Waals surface area contributed by atoms with E-state index in [9.17, 15) is 5.11 Å². The van der Waals surface area contributed by atoms with Gasteiger partial charge >= 0.3 is 0 Å². The van der Waals surface area contributed by atoms with Gasteiger partial charge in [0.25, 0.3) is 0 Å². The molecule has 1 atom stereocenters. The molecule has 3 heterocycles. The number of H-pyrrole nitrogens is 1. The van der Waals surface area contributed by atoms with Gasteiger partial charge in [-0.2, -0.15) is 0 Å². The molecule has 0 spiro atoms. The van der Waals surface area contributed by atoms with Crippen molar-refractivity contribution < 1.29 is 5.11 Å². The van der Waals surface area contributed by atoms with E-state index in [1.807, 2.05) is 24.0 Å². The summed E-state index contributed by atoms with van der Waals surface area (Å²) in [5.74, 6) is 0.771. The molecule has 0 fully saturated rings. The Hall–Kier alpha value is -1.59. The Labute approximate surface area is 110 Å². The summed E-state index contributed by atoms with van der Waals surface area (Å²) in [5, 5.41) is 12.4. The fourth-order valence-electron chi connectivity index (χ4n) is 2.15. The largest absolute Gasteiger partial charge is 0.369 e. The molecule has 2 aromatic rings. The van der Waals surface area contributed by atoms with Crippen LogP contribution in [0.15, 0.2) is 28.6 Å². The number of rotatable bonds is 3. The lowest BCUT2D eigenvalue weighted by molar-refractivity contribution is 0.0553. The van der Waals surface area contributed by atoms with E-state index >= 15 is 0 Å². The predicted molar refractivity (Wildman–Crippen MR) is 73.4 cm³/mol. The quantitative estimate of drug-likeness (QED) is 0.892. The summed E-state index contributed by atoms with van der Waals surface area (Å²) < 4.78 is 0. The van der Waals surface area contributed by atoms with E-state index in [1.165, 1.54) is 4.88 Å². The van der Waals surface area contributed by atoms with Crippen molar-refractivity contribution in [2.24, 2.45) is 4.99 Å². The Balaban J connectivity index is 1.72. The second kappa shape index (κ2) is 4.59. The molecule has 1 aliphatic rings. The standard InChI is InChI=1S/C13H15N3OS/c1-9-7-11-12(15-9)14-8-16(13(11)17)5-4-10-3-2-6-18-10/h2-3,6-8,13,15,17H,4-5H2,1H3. The summed E-state index contributed by atoms with van der Waals surface area (Å²) in [7, 11) is 0. The number of aromatic amines is 1. The van der Waals surface area contributed by atoms with Gasteiger partial charge in [-0.3, -0.25) is 0 Å². The average molecular weight is 261 g/mol. The van der Waals surface area contributed by atoms with Crippen molar-refractivity contribution in [1.82, 2.24) is 9.88 Å². The first kappa shape index (κ1) is 11.5. The molecule has 94 valence electrons. The first-order valence-electron chi connectivity index (χ1n) is 5.94. The van der Waals surface area contributed by atoms with Crippen molar-refractivity contribution in [1.29, 1.82) is 0 Å². The van der Waals surface area contributed by atoms with Crippen molar-refractivity contribution in [2.75, 3.05) is 6.54 Å². The molecule has 1 unspecified atom stereocenters. The molecular formula is C13H15N3OS. The highest BCUT2D eigenvalue weighted by molar-refractivity contribution is 7.09. The zero-order valence-corrected chi connectivity index (χ0v) is 10.9. The van der Waals surface area contributed by atoms with E-state index in [4.69, 9.17) is 0 Å². The second-order valence-electron chi connectivity index (χ2n) is 4.44. The number of nitrogens with one attached hydrogen (secondary N) is 1. The minimum atomic E-state index is -0.595. The van der Waals surface area contributed by atoms with Gasteiger partial charge in [0.05, 0.1) is 6.34 Å². The second-order valence-corrected chi connectivity index (χ2v) is 5.47. The lowest BCUT2D eigenvalue weighted by Gasteiger charge is -2.28. The Bertz CT molecular complexity index is 559. The normalized spacial score (nSPS) is 18.1. The molecule has 0 saturated heterocycles. The van der Waals surface area contributed by atoms with Crippen LogP contribution < -0.4 is 0 Å². The molecule has 0 radical (unpaired) electrons. The Kier molecular flexibility index (Phi) is 2.93. The van der Waals surface area contributed by atoms with Crippen LogP contribution in [-0.4, -0.2) is 27.9 Å². The minimum absolute atomic E-state index is 0.595. The van der Waals surface area contributed by atoms with E-state index < -0.39 is 6.23 Å². The summed E-state index contributed by atoms with van der Waals surface area (Å²) in [5.41, 5.74) is 1.89. The van der Waals surface area contributed by atoms with Gasteiger partial charge in [-0.25, -0.2) is 4.99 Å². The maximum Gasteiger partial charge on any atom is 0.157 e. The molecule has 2 aromatic heterocycles. The molecular weight excluding hydrogens is 246 g/mol. The van der Waals surface area contributed by atoms with Gasteiger partial charge in [-0.15, -0.1) is 11.3 Å². The molecule has 1 aliphatic heterocycles. The number of aliphatic hydroxyl groups excluding tert-OH is 1. The number of hydrogen-bond donors (Lipinski definition) is 2. The van der Waals surface area contributed by atoms with Gasteiger partial charge in [0.2, 0.25) is 0 Å². The smallest absolute Gasteiger partial charge is 0.157 e. The fraction of sp³-hybridized carbons (Fsp3) is 0.308. The molecule has 5 heteroatoms.